The maximum Gasteiger partial charge on any atom is 0.255 e. The molecule has 0 saturated carbocycles. The first-order valence-corrected chi connectivity index (χ1v) is 6.70. The van der Waals surface area contributed by atoms with Crippen LogP contribution in [-0.4, -0.2) is 62.9 Å². The van der Waals surface area contributed by atoms with Gasteiger partial charge in [-0.25, -0.2) is 4.98 Å². The van der Waals surface area contributed by atoms with Gasteiger partial charge in [0.2, 0.25) is 0 Å². The van der Waals surface area contributed by atoms with Crippen molar-refractivity contribution in [1.82, 2.24) is 9.88 Å². The molecule has 1 N–H and O–H groups in total. The molecule has 6 nitrogen and oxygen atoms in total. The van der Waals surface area contributed by atoms with Gasteiger partial charge in [-0.1, -0.05) is 0 Å². The summed E-state index contributed by atoms with van der Waals surface area (Å²) in [6.45, 7) is 4.87. The highest BCUT2D eigenvalue weighted by Gasteiger charge is 2.15. The van der Waals surface area contributed by atoms with E-state index in [0.29, 0.717) is 31.9 Å². The number of rotatable bonds is 9. The summed E-state index contributed by atoms with van der Waals surface area (Å²) in [5.74, 6) is 0.707. The van der Waals surface area contributed by atoms with Crippen molar-refractivity contribution >= 4 is 11.7 Å². The predicted molar refractivity (Wildman–Crippen MR) is 78.1 cm³/mol. The van der Waals surface area contributed by atoms with E-state index in [1.165, 1.54) is 0 Å². The minimum Gasteiger partial charge on any atom is -0.383 e. The molecule has 112 valence electrons. The normalized spacial score (nSPS) is 10.3. The van der Waals surface area contributed by atoms with Gasteiger partial charge >= 0.3 is 0 Å². The van der Waals surface area contributed by atoms with Crippen molar-refractivity contribution < 1.29 is 14.3 Å². The molecule has 1 aromatic heterocycles. The molecule has 1 aromatic rings. The number of amides is 1. The number of ether oxygens (including phenoxy) is 2. The molecule has 1 amide bonds. The molecule has 0 aromatic carbocycles. The number of nitrogens with zero attached hydrogens (tertiary/aromatic N) is 2. The predicted octanol–water partition coefficient (Wildman–Crippen LogP) is 1.25. The minimum atomic E-state index is -0.0605. The highest BCUT2D eigenvalue weighted by atomic mass is 16.5. The number of methoxy groups -OCH3 is 2. The van der Waals surface area contributed by atoms with E-state index in [9.17, 15) is 4.79 Å². The van der Waals surface area contributed by atoms with Crippen LogP contribution in [0.1, 0.15) is 17.3 Å². The van der Waals surface area contributed by atoms with Gasteiger partial charge in [-0.05, 0) is 19.1 Å². The zero-order valence-electron chi connectivity index (χ0n) is 12.4. The quantitative estimate of drug-likeness (QED) is 0.738. The van der Waals surface area contributed by atoms with Crippen LogP contribution < -0.4 is 5.32 Å². The molecule has 0 saturated heterocycles. The van der Waals surface area contributed by atoms with Gasteiger partial charge in [0.05, 0.1) is 18.8 Å². The van der Waals surface area contributed by atoms with E-state index in [1.54, 1.807) is 31.4 Å². The minimum absolute atomic E-state index is 0.0605. The van der Waals surface area contributed by atoms with Crippen LogP contribution in [0.4, 0.5) is 5.82 Å². The second-order valence-electron chi connectivity index (χ2n) is 4.24. The first-order valence-electron chi connectivity index (χ1n) is 6.70. The molecule has 6 heteroatoms. The summed E-state index contributed by atoms with van der Waals surface area (Å²) in [5, 5.41) is 3.10. The number of carbonyl (C=O) groups excluding carboxylic acids is 1. The van der Waals surface area contributed by atoms with Crippen LogP contribution in [0.3, 0.4) is 0 Å². The molecule has 1 heterocycles. The maximum absolute atomic E-state index is 12.4. The Morgan fingerprint density at radius 2 is 1.90 bits per heavy atom. The number of nitrogens with one attached hydrogen (secondary N) is 1. The van der Waals surface area contributed by atoms with Crippen LogP contribution >= 0.6 is 0 Å². The number of aromatic nitrogens is 1. The third kappa shape index (κ3) is 5.14. The molecule has 0 atom stereocenters. The third-order valence-corrected chi connectivity index (χ3v) is 2.79. The monoisotopic (exact) mass is 281 g/mol. The molecular weight excluding hydrogens is 258 g/mol. The Morgan fingerprint density at radius 3 is 2.35 bits per heavy atom. The third-order valence-electron chi connectivity index (χ3n) is 2.79. The first-order chi connectivity index (χ1) is 9.72. The van der Waals surface area contributed by atoms with Crippen LogP contribution in [0.5, 0.6) is 0 Å². The van der Waals surface area contributed by atoms with Crippen molar-refractivity contribution in [2.24, 2.45) is 0 Å². The Labute approximate surface area is 120 Å². The Bertz CT molecular complexity index is 387. The molecule has 1 rings (SSSR count). The van der Waals surface area contributed by atoms with Crippen molar-refractivity contribution in [1.29, 1.82) is 0 Å². The van der Waals surface area contributed by atoms with Crippen molar-refractivity contribution in [3.63, 3.8) is 0 Å². The fourth-order valence-electron chi connectivity index (χ4n) is 1.71. The smallest absolute Gasteiger partial charge is 0.255 e. The summed E-state index contributed by atoms with van der Waals surface area (Å²) in [4.78, 5) is 18.3. The standard InChI is InChI=1S/C14H23N3O3/c1-4-15-13-6-5-12(11-16-13)14(18)17(7-9-19-2)8-10-20-3/h5-6,11H,4,7-10H2,1-3H3,(H,15,16). The van der Waals surface area contributed by atoms with Gasteiger partial charge in [0.1, 0.15) is 5.82 Å². The Kier molecular flexibility index (Phi) is 7.60. The molecule has 0 spiro atoms. The summed E-state index contributed by atoms with van der Waals surface area (Å²) >= 11 is 0. The second-order valence-corrected chi connectivity index (χ2v) is 4.24. The lowest BCUT2D eigenvalue weighted by molar-refractivity contribution is 0.0627. The van der Waals surface area contributed by atoms with E-state index in [1.807, 2.05) is 13.0 Å². The molecule has 0 aliphatic rings. The number of pyridine rings is 1. The fourth-order valence-corrected chi connectivity index (χ4v) is 1.71. The highest BCUT2D eigenvalue weighted by molar-refractivity contribution is 5.94. The van der Waals surface area contributed by atoms with Crippen molar-refractivity contribution in [2.45, 2.75) is 6.92 Å². The van der Waals surface area contributed by atoms with Crippen molar-refractivity contribution in [2.75, 3.05) is 52.4 Å². The van der Waals surface area contributed by atoms with Crippen molar-refractivity contribution in [3.8, 4) is 0 Å². The molecule has 0 radical (unpaired) electrons. The van der Waals surface area contributed by atoms with Gasteiger partial charge in [-0.15, -0.1) is 0 Å². The van der Waals surface area contributed by atoms with Crippen LogP contribution in [0.25, 0.3) is 0 Å². The number of hydrogen-bond acceptors (Lipinski definition) is 5. The van der Waals surface area contributed by atoms with Crippen LogP contribution in [-0.2, 0) is 9.47 Å². The molecule has 0 aliphatic carbocycles. The molecule has 0 unspecified atom stereocenters. The van der Waals surface area contributed by atoms with E-state index in [4.69, 9.17) is 9.47 Å². The van der Waals surface area contributed by atoms with Gasteiger partial charge in [-0.3, -0.25) is 4.79 Å². The van der Waals surface area contributed by atoms with Crippen LogP contribution in [0.15, 0.2) is 18.3 Å². The van der Waals surface area contributed by atoms with E-state index < -0.39 is 0 Å². The second kappa shape index (κ2) is 9.28. The van der Waals surface area contributed by atoms with E-state index in [0.717, 1.165) is 12.4 Å². The zero-order chi connectivity index (χ0) is 14.8. The molecule has 0 bridgehead atoms. The van der Waals surface area contributed by atoms with E-state index >= 15 is 0 Å². The Hall–Kier alpha value is -1.66. The average molecular weight is 281 g/mol. The zero-order valence-corrected chi connectivity index (χ0v) is 12.4. The summed E-state index contributed by atoms with van der Waals surface area (Å²) < 4.78 is 10.1. The molecular formula is C14H23N3O3. The van der Waals surface area contributed by atoms with Gasteiger partial charge < -0.3 is 19.7 Å². The lowest BCUT2D eigenvalue weighted by atomic mass is 10.2. The van der Waals surface area contributed by atoms with Gasteiger partial charge in [0.25, 0.3) is 5.91 Å². The van der Waals surface area contributed by atoms with Gasteiger partial charge in [0, 0.05) is 40.1 Å². The van der Waals surface area contributed by atoms with E-state index in [2.05, 4.69) is 10.3 Å². The Morgan fingerprint density at radius 1 is 1.25 bits per heavy atom. The lowest BCUT2D eigenvalue weighted by Crippen LogP contribution is -2.36. The fraction of sp³-hybridized carbons (Fsp3) is 0.571. The SMILES string of the molecule is CCNc1ccc(C(=O)N(CCOC)CCOC)cn1. The molecule has 20 heavy (non-hydrogen) atoms. The van der Waals surface area contributed by atoms with Gasteiger partial charge in [0.15, 0.2) is 0 Å². The summed E-state index contributed by atoms with van der Waals surface area (Å²) in [6, 6.07) is 3.58. The summed E-state index contributed by atoms with van der Waals surface area (Å²) in [7, 11) is 3.23. The first kappa shape index (κ1) is 16.4. The number of hydrogen-bond donors (Lipinski definition) is 1. The van der Waals surface area contributed by atoms with Gasteiger partial charge in [-0.2, -0.15) is 0 Å². The number of carbonyl (C=O) groups is 1. The maximum atomic E-state index is 12.4. The van der Waals surface area contributed by atoms with E-state index in [-0.39, 0.29) is 5.91 Å². The lowest BCUT2D eigenvalue weighted by Gasteiger charge is -2.22. The van der Waals surface area contributed by atoms with Crippen molar-refractivity contribution in [3.05, 3.63) is 23.9 Å². The summed E-state index contributed by atoms with van der Waals surface area (Å²) in [6.07, 6.45) is 1.59. The van der Waals surface area contributed by atoms with Crippen LogP contribution in [0.2, 0.25) is 0 Å². The average Bonchev–Trinajstić information content (AvgIpc) is 2.48. The highest BCUT2D eigenvalue weighted by Crippen LogP contribution is 2.08. The molecule has 0 aliphatic heterocycles. The molecule has 0 fully saturated rings. The largest absolute Gasteiger partial charge is 0.383 e. The Balaban J connectivity index is 2.71. The summed E-state index contributed by atoms with van der Waals surface area (Å²) in [5.41, 5.74) is 0.568. The van der Waals surface area contributed by atoms with Crippen LogP contribution in [0, 0.1) is 0 Å². The number of anilines is 1. The topological polar surface area (TPSA) is 63.7 Å².